The van der Waals surface area contributed by atoms with E-state index in [0.29, 0.717) is 23.2 Å². The summed E-state index contributed by atoms with van der Waals surface area (Å²) in [6, 6.07) is 7.31. The number of ether oxygens (including phenoxy) is 1. The number of nitrogens with zero attached hydrogens (tertiary/aromatic N) is 4. The first kappa shape index (κ1) is 21.9. The minimum absolute atomic E-state index is 0.0640. The fourth-order valence-electron chi connectivity index (χ4n) is 3.60. The average Bonchev–Trinajstić information content (AvgIpc) is 3.18. The van der Waals surface area contributed by atoms with Crippen LogP contribution in [-0.4, -0.2) is 45.1 Å². The summed E-state index contributed by atoms with van der Waals surface area (Å²) in [5.41, 5.74) is 2.31. The van der Waals surface area contributed by atoms with Gasteiger partial charge in [0.1, 0.15) is 24.6 Å². The quantitative estimate of drug-likeness (QED) is 0.451. The van der Waals surface area contributed by atoms with Gasteiger partial charge in [0, 0.05) is 25.2 Å². The molecule has 0 amide bonds. The Bertz CT molecular complexity index is 1150. The van der Waals surface area contributed by atoms with E-state index in [1.54, 1.807) is 35.9 Å². The second-order valence-corrected chi connectivity index (χ2v) is 7.94. The van der Waals surface area contributed by atoms with E-state index < -0.39 is 12.3 Å². The van der Waals surface area contributed by atoms with Gasteiger partial charge in [-0.25, -0.2) is 18.7 Å². The molecule has 1 atom stereocenters. The van der Waals surface area contributed by atoms with Crippen molar-refractivity contribution >= 4 is 17.0 Å². The van der Waals surface area contributed by atoms with Crippen LogP contribution in [0.1, 0.15) is 38.8 Å². The first-order valence-corrected chi connectivity index (χ1v) is 10.9. The van der Waals surface area contributed by atoms with E-state index in [0.717, 1.165) is 36.0 Å². The van der Waals surface area contributed by atoms with E-state index in [2.05, 4.69) is 17.2 Å². The SMILES string of the molecule is CCCCNc1nccc(-c2c(C3=CCC(C)(F)C=C3)nn3c(OCCF)cccc23)n1. The highest BCUT2D eigenvalue weighted by Crippen LogP contribution is 2.37. The van der Waals surface area contributed by atoms with Gasteiger partial charge in [-0.3, -0.25) is 0 Å². The lowest BCUT2D eigenvalue weighted by atomic mass is 9.92. The van der Waals surface area contributed by atoms with Gasteiger partial charge < -0.3 is 10.1 Å². The number of hydrogen-bond acceptors (Lipinski definition) is 5. The molecule has 3 aromatic rings. The van der Waals surface area contributed by atoms with Crippen LogP contribution < -0.4 is 10.1 Å². The third kappa shape index (κ3) is 4.64. The minimum Gasteiger partial charge on any atom is -0.475 e. The molecule has 0 fully saturated rings. The van der Waals surface area contributed by atoms with Crippen molar-refractivity contribution in [1.29, 1.82) is 0 Å². The Morgan fingerprint density at radius 2 is 2.16 bits per heavy atom. The summed E-state index contributed by atoms with van der Waals surface area (Å²) in [6.07, 6.45) is 9.19. The molecule has 1 N–H and O–H groups in total. The summed E-state index contributed by atoms with van der Waals surface area (Å²) in [5.74, 6) is 0.967. The topological polar surface area (TPSA) is 64.3 Å². The molecule has 32 heavy (non-hydrogen) atoms. The molecule has 0 spiro atoms. The molecule has 8 heteroatoms. The van der Waals surface area contributed by atoms with Gasteiger partial charge >= 0.3 is 0 Å². The lowest BCUT2D eigenvalue weighted by molar-refractivity contribution is 0.258. The standard InChI is InChI=1S/C24H27F2N5O/c1-3-4-14-27-23-28-15-10-18(29-23)21-19-6-5-7-20(32-16-13-25)31(19)30-22(21)17-8-11-24(2,26)12-9-17/h5-11,15H,3-4,12-14,16H2,1-2H3,(H,27,28,29). The Morgan fingerprint density at radius 3 is 2.91 bits per heavy atom. The molecule has 4 rings (SSSR count). The van der Waals surface area contributed by atoms with Crippen molar-refractivity contribution < 1.29 is 13.5 Å². The number of anilines is 1. The van der Waals surface area contributed by atoms with Gasteiger partial charge in [0.2, 0.25) is 11.8 Å². The Balaban J connectivity index is 1.84. The van der Waals surface area contributed by atoms with E-state index >= 15 is 0 Å². The van der Waals surface area contributed by atoms with Crippen LogP contribution in [0.4, 0.5) is 14.7 Å². The summed E-state index contributed by atoms with van der Waals surface area (Å²) in [5, 5.41) is 8.02. The zero-order valence-electron chi connectivity index (χ0n) is 18.3. The first-order valence-electron chi connectivity index (χ1n) is 10.9. The van der Waals surface area contributed by atoms with Crippen molar-refractivity contribution in [2.24, 2.45) is 0 Å². The molecule has 0 aliphatic heterocycles. The Labute approximate surface area is 186 Å². The fourth-order valence-corrected chi connectivity index (χ4v) is 3.60. The van der Waals surface area contributed by atoms with Crippen LogP contribution in [0.2, 0.25) is 0 Å². The van der Waals surface area contributed by atoms with E-state index in [9.17, 15) is 8.78 Å². The predicted molar refractivity (Wildman–Crippen MR) is 122 cm³/mol. The second kappa shape index (κ2) is 9.46. The molecule has 168 valence electrons. The van der Waals surface area contributed by atoms with Crippen molar-refractivity contribution in [2.75, 3.05) is 25.1 Å². The van der Waals surface area contributed by atoms with Gasteiger partial charge in [-0.05, 0) is 37.1 Å². The summed E-state index contributed by atoms with van der Waals surface area (Å²) >= 11 is 0. The highest BCUT2D eigenvalue weighted by atomic mass is 19.1. The number of nitrogens with one attached hydrogen (secondary N) is 1. The van der Waals surface area contributed by atoms with Crippen molar-refractivity contribution in [3.05, 3.63) is 54.4 Å². The largest absolute Gasteiger partial charge is 0.475 e. The number of unbranched alkanes of at least 4 members (excludes halogenated alkanes) is 1. The number of halogens is 2. The average molecular weight is 440 g/mol. The number of rotatable bonds is 9. The van der Waals surface area contributed by atoms with E-state index in [4.69, 9.17) is 14.8 Å². The van der Waals surface area contributed by atoms with Crippen LogP contribution in [0.15, 0.2) is 48.7 Å². The molecule has 0 saturated heterocycles. The zero-order valence-corrected chi connectivity index (χ0v) is 18.3. The third-order valence-corrected chi connectivity index (χ3v) is 5.28. The first-order chi connectivity index (χ1) is 15.5. The molecule has 1 unspecified atom stereocenters. The maximum Gasteiger partial charge on any atom is 0.223 e. The molecule has 1 aliphatic rings. The van der Waals surface area contributed by atoms with Crippen LogP contribution in [-0.2, 0) is 0 Å². The number of allylic oxidation sites excluding steroid dienone is 4. The maximum atomic E-state index is 14.4. The summed E-state index contributed by atoms with van der Waals surface area (Å²) in [7, 11) is 0. The van der Waals surface area contributed by atoms with Crippen LogP contribution in [0.25, 0.3) is 22.3 Å². The van der Waals surface area contributed by atoms with Crippen molar-refractivity contribution in [2.45, 2.75) is 38.8 Å². The molecule has 3 heterocycles. The molecular weight excluding hydrogens is 412 g/mol. The smallest absolute Gasteiger partial charge is 0.223 e. The molecule has 1 aliphatic carbocycles. The van der Waals surface area contributed by atoms with Crippen molar-refractivity contribution in [1.82, 2.24) is 19.6 Å². The van der Waals surface area contributed by atoms with Gasteiger partial charge in [0.15, 0.2) is 0 Å². The molecule has 0 aromatic carbocycles. The summed E-state index contributed by atoms with van der Waals surface area (Å²) in [4.78, 5) is 9.04. The Kier molecular flexibility index (Phi) is 6.48. The molecular formula is C24H27F2N5O. The van der Waals surface area contributed by atoms with Gasteiger partial charge in [-0.1, -0.05) is 31.6 Å². The van der Waals surface area contributed by atoms with Crippen molar-refractivity contribution in [3.8, 4) is 17.1 Å². The number of hydrogen-bond donors (Lipinski definition) is 1. The number of pyridine rings is 1. The molecule has 6 nitrogen and oxygen atoms in total. The highest BCUT2D eigenvalue weighted by molar-refractivity contribution is 5.92. The maximum absolute atomic E-state index is 14.4. The van der Waals surface area contributed by atoms with Gasteiger partial charge in [0.25, 0.3) is 0 Å². The molecule has 3 aromatic heterocycles. The number of fused-ring (bicyclic) bond motifs is 1. The number of aromatic nitrogens is 4. The predicted octanol–water partition coefficient (Wildman–Crippen LogP) is 5.42. The molecule has 0 saturated carbocycles. The third-order valence-electron chi connectivity index (χ3n) is 5.28. The monoisotopic (exact) mass is 439 g/mol. The van der Waals surface area contributed by atoms with Crippen molar-refractivity contribution in [3.63, 3.8) is 0 Å². The van der Waals surface area contributed by atoms with E-state index in [1.165, 1.54) is 0 Å². The number of alkyl halides is 2. The minimum atomic E-state index is -1.39. The molecule has 0 radical (unpaired) electrons. The normalized spacial score (nSPS) is 18.1. The van der Waals surface area contributed by atoms with Crippen LogP contribution in [0, 0.1) is 0 Å². The van der Waals surface area contributed by atoms with Gasteiger partial charge in [0.05, 0.1) is 16.8 Å². The zero-order chi connectivity index (χ0) is 22.6. The fraction of sp³-hybridized carbons (Fsp3) is 0.375. The van der Waals surface area contributed by atoms with E-state index in [-0.39, 0.29) is 13.0 Å². The highest BCUT2D eigenvalue weighted by Gasteiger charge is 2.25. The van der Waals surface area contributed by atoms with E-state index in [1.807, 2.05) is 24.3 Å². The Hall–Kier alpha value is -3.29. The molecule has 0 bridgehead atoms. The van der Waals surface area contributed by atoms with Crippen LogP contribution >= 0.6 is 0 Å². The van der Waals surface area contributed by atoms with Crippen LogP contribution in [0.5, 0.6) is 5.88 Å². The summed E-state index contributed by atoms with van der Waals surface area (Å²) in [6.45, 7) is 3.79. The Morgan fingerprint density at radius 1 is 1.28 bits per heavy atom. The second-order valence-electron chi connectivity index (χ2n) is 7.94. The van der Waals surface area contributed by atoms with Gasteiger partial charge in [-0.15, -0.1) is 0 Å². The van der Waals surface area contributed by atoms with Gasteiger partial charge in [-0.2, -0.15) is 9.61 Å². The lowest BCUT2D eigenvalue weighted by Crippen LogP contribution is -2.15. The van der Waals surface area contributed by atoms with Crippen LogP contribution in [0.3, 0.4) is 0 Å². The lowest BCUT2D eigenvalue weighted by Gasteiger charge is -2.18. The summed E-state index contributed by atoms with van der Waals surface area (Å²) < 4.78 is 34.3.